The summed E-state index contributed by atoms with van der Waals surface area (Å²) in [7, 11) is 0. The molecule has 0 radical (unpaired) electrons. The van der Waals surface area contributed by atoms with Crippen LogP contribution in [0.4, 0.5) is 0 Å². The first-order chi connectivity index (χ1) is 10.9. The summed E-state index contributed by atoms with van der Waals surface area (Å²) in [6.45, 7) is 12.7. The second-order valence-corrected chi connectivity index (χ2v) is 9.08. The Hall–Kier alpha value is -1.40. The predicted molar refractivity (Wildman–Crippen MR) is 92.8 cm³/mol. The molecule has 1 saturated heterocycles. The summed E-state index contributed by atoms with van der Waals surface area (Å²) >= 11 is 0. The maximum absolute atomic E-state index is 12.2. The third-order valence-corrected chi connectivity index (χ3v) is 4.68. The second-order valence-electron chi connectivity index (χ2n) is 9.08. The van der Waals surface area contributed by atoms with E-state index in [0.717, 1.165) is 6.42 Å². The minimum Gasteiger partial charge on any atom is -0.391 e. The summed E-state index contributed by atoms with van der Waals surface area (Å²) in [4.78, 5) is 26.1. The van der Waals surface area contributed by atoms with Crippen LogP contribution in [0.3, 0.4) is 0 Å². The van der Waals surface area contributed by atoms with Gasteiger partial charge in [-0.2, -0.15) is 0 Å². The first-order valence-corrected chi connectivity index (χ1v) is 8.53. The Kier molecular flexibility index (Phi) is 5.11. The van der Waals surface area contributed by atoms with Crippen molar-refractivity contribution in [3.8, 4) is 0 Å². The van der Waals surface area contributed by atoms with Crippen LogP contribution in [0.2, 0.25) is 0 Å². The summed E-state index contributed by atoms with van der Waals surface area (Å²) in [6, 6.07) is 0. The Balaban J connectivity index is 2.37. The molecule has 2 heterocycles. The number of aromatic amines is 1. The van der Waals surface area contributed by atoms with Crippen molar-refractivity contribution >= 4 is 0 Å². The number of hydrogen-bond acceptors (Lipinski definition) is 4. The molecular formula is C18H30N2O4. The lowest BCUT2D eigenvalue weighted by Crippen LogP contribution is -2.34. The molecule has 1 fully saturated rings. The van der Waals surface area contributed by atoms with Crippen LogP contribution < -0.4 is 11.2 Å². The molecule has 2 N–H and O–H groups in total. The number of aromatic nitrogens is 2. The maximum atomic E-state index is 12.2. The van der Waals surface area contributed by atoms with Crippen LogP contribution >= 0.6 is 0 Å². The van der Waals surface area contributed by atoms with E-state index < -0.39 is 24.1 Å². The fourth-order valence-corrected chi connectivity index (χ4v) is 3.46. The SMILES string of the molecule is CC(C)(C)CC1O[C@@H](n2cc(CO)c(=O)[nH]c2=O)C[C@H]1C(C)(C)C. The molecule has 0 spiro atoms. The fourth-order valence-electron chi connectivity index (χ4n) is 3.46. The number of hydrogen-bond donors (Lipinski definition) is 2. The highest BCUT2D eigenvalue weighted by atomic mass is 16.5. The standard InChI is InChI=1S/C18H30N2O4/c1-17(2,3)8-13-12(18(4,5)6)7-14(24-13)20-9-11(10-21)15(22)19-16(20)23/h9,12-14,21H,7-8,10H2,1-6H3,(H,19,22,23)/t12-,13?,14-/m1/s1. The molecule has 136 valence electrons. The van der Waals surface area contributed by atoms with Crippen LogP contribution in [0.5, 0.6) is 0 Å². The maximum Gasteiger partial charge on any atom is 0.330 e. The van der Waals surface area contributed by atoms with E-state index in [4.69, 9.17) is 4.74 Å². The van der Waals surface area contributed by atoms with Gasteiger partial charge in [-0.15, -0.1) is 0 Å². The average molecular weight is 338 g/mol. The van der Waals surface area contributed by atoms with Gasteiger partial charge in [0.15, 0.2) is 0 Å². The van der Waals surface area contributed by atoms with Gasteiger partial charge >= 0.3 is 5.69 Å². The highest BCUT2D eigenvalue weighted by molar-refractivity contribution is 5.04. The van der Waals surface area contributed by atoms with Crippen LogP contribution in [0, 0.1) is 16.7 Å². The molecular weight excluding hydrogens is 308 g/mol. The van der Waals surface area contributed by atoms with Crippen molar-refractivity contribution in [2.75, 3.05) is 0 Å². The van der Waals surface area contributed by atoms with E-state index in [1.54, 1.807) is 0 Å². The van der Waals surface area contributed by atoms with Crippen LogP contribution in [0.1, 0.15) is 66.2 Å². The number of ether oxygens (including phenoxy) is 1. The minimum absolute atomic E-state index is 0.0476. The van der Waals surface area contributed by atoms with E-state index in [-0.39, 0.29) is 22.5 Å². The predicted octanol–water partition coefficient (Wildman–Crippen LogP) is 2.41. The Labute approximate surface area is 142 Å². The smallest absolute Gasteiger partial charge is 0.330 e. The molecule has 1 aliphatic rings. The lowest BCUT2D eigenvalue weighted by molar-refractivity contribution is -0.0343. The first kappa shape index (κ1) is 18.9. The number of rotatable bonds is 3. The number of aliphatic hydroxyl groups excluding tert-OH is 1. The van der Waals surface area contributed by atoms with Crippen molar-refractivity contribution in [2.24, 2.45) is 16.7 Å². The molecule has 1 aromatic heterocycles. The summed E-state index contributed by atoms with van der Waals surface area (Å²) in [6.07, 6.45) is 2.66. The van der Waals surface area contributed by atoms with Gasteiger partial charge in [-0.1, -0.05) is 41.5 Å². The normalized spacial score (nSPS) is 25.2. The molecule has 0 bridgehead atoms. The van der Waals surface area contributed by atoms with Crippen molar-refractivity contribution < 1.29 is 9.84 Å². The van der Waals surface area contributed by atoms with Crippen molar-refractivity contribution in [3.05, 3.63) is 32.6 Å². The number of H-pyrrole nitrogens is 1. The van der Waals surface area contributed by atoms with Crippen molar-refractivity contribution in [1.29, 1.82) is 0 Å². The van der Waals surface area contributed by atoms with E-state index in [2.05, 4.69) is 46.5 Å². The summed E-state index contributed by atoms with van der Waals surface area (Å²) in [5.74, 6) is 0.304. The van der Waals surface area contributed by atoms with Gasteiger partial charge < -0.3 is 9.84 Å². The van der Waals surface area contributed by atoms with Crippen molar-refractivity contribution in [2.45, 2.75) is 73.3 Å². The first-order valence-electron chi connectivity index (χ1n) is 8.53. The van der Waals surface area contributed by atoms with Crippen molar-refractivity contribution in [1.82, 2.24) is 9.55 Å². The number of aliphatic hydroxyl groups is 1. The molecule has 1 aromatic rings. The van der Waals surface area contributed by atoms with Gasteiger partial charge in [0.1, 0.15) is 6.23 Å². The van der Waals surface area contributed by atoms with Crippen LogP contribution in [-0.4, -0.2) is 20.8 Å². The highest BCUT2D eigenvalue weighted by Crippen LogP contribution is 2.46. The molecule has 0 saturated carbocycles. The Morgan fingerprint density at radius 1 is 1.25 bits per heavy atom. The van der Waals surface area contributed by atoms with Gasteiger partial charge in [0, 0.05) is 6.20 Å². The molecule has 2 rings (SSSR count). The summed E-state index contributed by atoms with van der Waals surface area (Å²) in [5.41, 5.74) is -0.697. The van der Waals surface area contributed by atoms with Crippen LogP contribution in [0.15, 0.2) is 15.8 Å². The molecule has 1 unspecified atom stereocenters. The molecule has 24 heavy (non-hydrogen) atoms. The number of nitrogens with one attached hydrogen (secondary N) is 1. The topological polar surface area (TPSA) is 84.3 Å². The molecule has 0 aromatic carbocycles. The third kappa shape index (κ3) is 4.16. The largest absolute Gasteiger partial charge is 0.391 e. The van der Waals surface area contributed by atoms with Gasteiger partial charge in [-0.25, -0.2) is 4.79 Å². The van der Waals surface area contributed by atoms with E-state index in [0.29, 0.717) is 12.3 Å². The molecule has 0 amide bonds. The van der Waals surface area contributed by atoms with Crippen LogP contribution in [-0.2, 0) is 11.3 Å². The van der Waals surface area contributed by atoms with Crippen LogP contribution in [0.25, 0.3) is 0 Å². The van der Waals surface area contributed by atoms with Gasteiger partial charge in [0.2, 0.25) is 0 Å². The van der Waals surface area contributed by atoms with E-state index in [1.165, 1.54) is 10.8 Å². The molecule has 0 aliphatic carbocycles. The minimum atomic E-state index is -0.546. The zero-order valence-electron chi connectivity index (χ0n) is 15.5. The quantitative estimate of drug-likeness (QED) is 0.886. The lowest BCUT2D eigenvalue weighted by atomic mass is 9.73. The zero-order chi connectivity index (χ0) is 18.3. The lowest BCUT2D eigenvalue weighted by Gasteiger charge is -2.33. The van der Waals surface area contributed by atoms with Gasteiger partial charge in [0.25, 0.3) is 5.56 Å². The molecule has 3 atom stereocenters. The highest BCUT2D eigenvalue weighted by Gasteiger charge is 2.44. The van der Waals surface area contributed by atoms with Gasteiger partial charge in [-0.05, 0) is 29.6 Å². The third-order valence-electron chi connectivity index (χ3n) is 4.68. The molecule has 1 aliphatic heterocycles. The summed E-state index contributed by atoms with van der Waals surface area (Å²) < 4.78 is 7.65. The van der Waals surface area contributed by atoms with E-state index in [9.17, 15) is 14.7 Å². The van der Waals surface area contributed by atoms with E-state index >= 15 is 0 Å². The average Bonchev–Trinajstić information content (AvgIpc) is 2.80. The molecule has 6 heteroatoms. The Morgan fingerprint density at radius 2 is 1.88 bits per heavy atom. The second kappa shape index (κ2) is 6.48. The van der Waals surface area contributed by atoms with Gasteiger partial charge in [0.05, 0.1) is 18.3 Å². The monoisotopic (exact) mass is 338 g/mol. The van der Waals surface area contributed by atoms with Gasteiger partial charge in [-0.3, -0.25) is 14.3 Å². The number of nitrogens with zero attached hydrogens (tertiary/aromatic N) is 1. The van der Waals surface area contributed by atoms with E-state index in [1.807, 2.05) is 0 Å². The fraction of sp³-hybridized carbons (Fsp3) is 0.778. The molecule has 6 nitrogen and oxygen atoms in total. The Bertz CT molecular complexity index is 691. The zero-order valence-corrected chi connectivity index (χ0v) is 15.5. The summed E-state index contributed by atoms with van der Waals surface area (Å²) in [5, 5.41) is 9.29. The van der Waals surface area contributed by atoms with Crippen molar-refractivity contribution in [3.63, 3.8) is 0 Å². The Morgan fingerprint density at radius 3 is 2.38 bits per heavy atom.